The number of ether oxygens (including phenoxy) is 3. The average molecular weight is 911 g/mol. The van der Waals surface area contributed by atoms with E-state index in [9.17, 15) is 14.4 Å². The van der Waals surface area contributed by atoms with Crippen LogP contribution in [0.25, 0.3) is 0 Å². The first-order valence-corrected chi connectivity index (χ1v) is 26.2. The van der Waals surface area contributed by atoms with Crippen molar-refractivity contribution in [1.82, 2.24) is 0 Å². The van der Waals surface area contributed by atoms with Crippen molar-refractivity contribution >= 4 is 17.9 Å². The Kier molecular flexibility index (Phi) is 49.6. The maximum absolute atomic E-state index is 12.8. The van der Waals surface area contributed by atoms with Crippen molar-refractivity contribution in [3.05, 3.63) is 134 Å². The zero-order valence-electron chi connectivity index (χ0n) is 42.1. The third-order valence-electron chi connectivity index (χ3n) is 10.5. The van der Waals surface area contributed by atoms with Crippen LogP contribution in [0.4, 0.5) is 0 Å². The van der Waals surface area contributed by atoms with Crippen molar-refractivity contribution in [2.24, 2.45) is 0 Å². The molecular weight excluding hydrogens is 817 g/mol. The summed E-state index contributed by atoms with van der Waals surface area (Å²) in [6.07, 6.45) is 74.4. The summed E-state index contributed by atoms with van der Waals surface area (Å²) >= 11 is 0. The Bertz CT molecular complexity index is 1460. The number of carbonyl (C=O) groups excluding carboxylic acids is 3. The fourth-order valence-electron chi connectivity index (χ4n) is 6.58. The lowest BCUT2D eigenvalue weighted by molar-refractivity contribution is -0.167. The van der Waals surface area contributed by atoms with Crippen LogP contribution in [0.1, 0.15) is 207 Å². The van der Waals surface area contributed by atoms with Crippen LogP contribution in [0, 0.1) is 0 Å². The standard InChI is InChI=1S/C60H94O6/c1-4-7-10-13-16-19-22-24-26-28-30-32-33-35-38-41-44-47-50-53-59(62)65-56-57(55-64-58(61)52-49-46-43-40-37-21-18-15-12-9-6-3)66-60(63)54-51-48-45-42-39-36-34-31-29-27-25-23-20-17-14-11-8-5-2/h7,9-10,12,16-21,23-27,29-32,34,40,43,57H,4-6,8,11,13-15,22,28,33,35-39,41-42,44-56H2,1-3H3/b10-7-,12-9-,19-16-,20-17-,21-18-,25-23-,26-24-,29-27-,32-30-,34-31-,43-40-. The van der Waals surface area contributed by atoms with Gasteiger partial charge in [-0.25, -0.2) is 0 Å². The van der Waals surface area contributed by atoms with E-state index in [2.05, 4.69) is 154 Å². The van der Waals surface area contributed by atoms with Crippen LogP contribution in [-0.2, 0) is 28.6 Å². The lowest BCUT2D eigenvalue weighted by Crippen LogP contribution is -2.30. The molecule has 0 aliphatic heterocycles. The highest BCUT2D eigenvalue weighted by Gasteiger charge is 2.19. The van der Waals surface area contributed by atoms with E-state index in [0.717, 1.165) is 128 Å². The van der Waals surface area contributed by atoms with E-state index in [0.29, 0.717) is 12.8 Å². The third kappa shape index (κ3) is 50.5. The molecule has 370 valence electrons. The molecule has 0 aromatic heterocycles. The van der Waals surface area contributed by atoms with Gasteiger partial charge >= 0.3 is 17.9 Å². The summed E-state index contributed by atoms with van der Waals surface area (Å²) in [4.78, 5) is 38.0. The molecule has 6 heteroatoms. The maximum Gasteiger partial charge on any atom is 0.306 e. The summed E-state index contributed by atoms with van der Waals surface area (Å²) in [5.74, 6) is -1.02. The molecule has 0 radical (unpaired) electrons. The summed E-state index contributed by atoms with van der Waals surface area (Å²) in [5, 5.41) is 0. The molecule has 0 saturated heterocycles. The van der Waals surface area contributed by atoms with Crippen LogP contribution in [0.3, 0.4) is 0 Å². The fourth-order valence-corrected chi connectivity index (χ4v) is 6.58. The van der Waals surface area contributed by atoms with Crippen LogP contribution < -0.4 is 0 Å². The molecule has 0 aromatic carbocycles. The van der Waals surface area contributed by atoms with Gasteiger partial charge in [-0.2, -0.15) is 0 Å². The van der Waals surface area contributed by atoms with E-state index >= 15 is 0 Å². The number of hydrogen-bond donors (Lipinski definition) is 0. The molecule has 0 saturated carbocycles. The normalized spacial score (nSPS) is 13.2. The van der Waals surface area contributed by atoms with E-state index in [1.807, 2.05) is 0 Å². The second kappa shape index (κ2) is 53.2. The highest BCUT2D eigenvalue weighted by molar-refractivity contribution is 5.71. The molecule has 66 heavy (non-hydrogen) atoms. The Labute approximate surface area is 405 Å². The molecule has 0 bridgehead atoms. The van der Waals surface area contributed by atoms with Gasteiger partial charge in [-0.3, -0.25) is 14.4 Å². The molecular formula is C60H94O6. The molecule has 0 aliphatic carbocycles. The van der Waals surface area contributed by atoms with Crippen molar-refractivity contribution in [3.63, 3.8) is 0 Å². The average Bonchev–Trinajstić information content (AvgIpc) is 3.31. The van der Waals surface area contributed by atoms with Gasteiger partial charge in [0.1, 0.15) is 13.2 Å². The number of esters is 3. The SMILES string of the molecule is CC/C=C\C/C=C\C/C=C\C/C=C\CCCCCCCCC(=O)OCC(COC(=O)CCC/C=C\C/C=C\C/C=C\CC)OC(=O)CCCCCCC\C=C/C=C\C=C/C=C\CCCCC. The minimum Gasteiger partial charge on any atom is -0.462 e. The number of carbonyl (C=O) groups is 3. The van der Waals surface area contributed by atoms with Gasteiger partial charge in [-0.1, -0.05) is 212 Å². The highest BCUT2D eigenvalue weighted by atomic mass is 16.6. The van der Waals surface area contributed by atoms with Gasteiger partial charge in [0.25, 0.3) is 0 Å². The van der Waals surface area contributed by atoms with E-state index in [1.54, 1.807) is 0 Å². The Hall–Kier alpha value is -4.45. The molecule has 6 nitrogen and oxygen atoms in total. The maximum atomic E-state index is 12.8. The predicted octanol–water partition coefficient (Wildman–Crippen LogP) is 17.5. The molecule has 0 rings (SSSR count). The monoisotopic (exact) mass is 911 g/mol. The Morgan fingerprint density at radius 1 is 0.333 bits per heavy atom. The highest BCUT2D eigenvalue weighted by Crippen LogP contribution is 2.12. The quantitative estimate of drug-likeness (QED) is 0.0199. The lowest BCUT2D eigenvalue weighted by Gasteiger charge is -2.18. The molecule has 0 aliphatic rings. The van der Waals surface area contributed by atoms with Gasteiger partial charge in [-0.15, -0.1) is 0 Å². The molecule has 0 amide bonds. The molecule has 0 heterocycles. The Morgan fingerprint density at radius 2 is 0.667 bits per heavy atom. The summed E-state index contributed by atoms with van der Waals surface area (Å²) in [7, 11) is 0. The zero-order valence-corrected chi connectivity index (χ0v) is 42.1. The van der Waals surface area contributed by atoms with E-state index < -0.39 is 6.10 Å². The minimum atomic E-state index is -0.821. The van der Waals surface area contributed by atoms with E-state index in [-0.39, 0.29) is 44.0 Å². The van der Waals surface area contributed by atoms with E-state index in [4.69, 9.17) is 14.2 Å². The molecule has 1 atom stereocenters. The van der Waals surface area contributed by atoms with Crippen molar-refractivity contribution in [3.8, 4) is 0 Å². The summed E-state index contributed by atoms with van der Waals surface area (Å²) in [5.41, 5.74) is 0. The van der Waals surface area contributed by atoms with Crippen molar-refractivity contribution < 1.29 is 28.6 Å². The van der Waals surface area contributed by atoms with E-state index in [1.165, 1.54) is 32.1 Å². The zero-order chi connectivity index (χ0) is 47.9. The number of allylic oxidation sites excluding steroid dienone is 22. The van der Waals surface area contributed by atoms with Crippen molar-refractivity contribution in [2.75, 3.05) is 13.2 Å². The largest absolute Gasteiger partial charge is 0.462 e. The van der Waals surface area contributed by atoms with Gasteiger partial charge < -0.3 is 14.2 Å². The smallest absolute Gasteiger partial charge is 0.306 e. The second-order valence-corrected chi connectivity index (χ2v) is 16.8. The van der Waals surface area contributed by atoms with Gasteiger partial charge in [0.05, 0.1) is 0 Å². The van der Waals surface area contributed by atoms with Crippen LogP contribution >= 0.6 is 0 Å². The first kappa shape index (κ1) is 61.5. The predicted molar refractivity (Wildman–Crippen MR) is 283 cm³/mol. The topological polar surface area (TPSA) is 78.9 Å². The van der Waals surface area contributed by atoms with Crippen LogP contribution in [0.2, 0.25) is 0 Å². The van der Waals surface area contributed by atoms with Crippen molar-refractivity contribution in [1.29, 1.82) is 0 Å². The molecule has 0 fully saturated rings. The van der Waals surface area contributed by atoms with Crippen LogP contribution in [0.5, 0.6) is 0 Å². The first-order valence-electron chi connectivity index (χ1n) is 26.2. The Morgan fingerprint density at radius 3 is 1.12 bits per heavy atom. The van der Waals surface area contributed by atoms with Gasteiger partial charge in [0, 0.05) is 19.3 Å². The molecule has 1 unspecified atom stereocenters. The third-order valence-corrected chi connectivity index (χ3v) is 10.5. The number of hydrogen-bond acceptors (Lipinski definition) is 6. The first-order chi connectivity index (χ1) is 32.5. The number of rotatable bonds is 45. The lowest BCUT2D eigenvalue weighted by atomic mass is 10.1. The second-order valence-electron chi connectivity index (χ2n) is 16.8. The number of unbranched alkanes of at least 4 members (excludes halogenated alkanes) is 15. The van der Waals surface area contributed by atoms with Gasteiger partial charge in [0.2, 0.25) is 0 Å². The molecule has 0 spiro atoms. The Balaban J connectivity index is 4.51. The van der Waals surface area contributed by atoms with Gasteiger partial charge in [-0.05, 0) is 109 Å². The van der Waals surface area contributed by atoms with Crippen LogP contribution in [-0.4, -0.2) is 37.2 Å². The summed E-state index contributed by atoms with van der Waals surface area (Å²) in [6, 6.07) is 0. The molecule has 0 aromatic rings. The van der Waals surface area contributed by atoms with Gasteiger partial charge in [0.15, 0.2) is 6.10 Å². The minimum absolute atomic E-state index is 0.116. The van der Waals surface area contributed by atoms with Crippen LogP contribution in [0.15, 0.2) is 134 Å². The van der Waals surface area contributed by atoms with Crippen molar-refractivity contribution in [2.45, 2.75) is 213 Å². The fraction of sp³-hybridized carbons (Fsp3) is 0.583. The summed E-state index contributed by atoms with van der Waals surface area (Å²) in [6.45, 7) is 6.27. The summed E-state index contributed by atoms with van der Waals surface area (Å²) < 4.78 is 16.7. The molecule has 0 N–H and O–H groups in total.